The molecule has 0 unspecified atom stereocenters. The van der Waals surface area contributed by atoms with Crippen molar-refractivity contribution in [3.05, 3.63) is 45.8 Å². The number of nitrogens with zero attached hydrogens (tertiary/aromatic N) is 1. The summed E-state index contributed by atoms with van der Waals surface area (Å²) in [5.74, 6) is -0.706. The molecule has 0 bridgehead atoms. The van der Waals surface area contributed by atoms with Crippen LogP contribution in [0.25, 0.3) is 11.1 Å². The number of ether oxygens (including phenoxy) is 1. The van der Waals surface area contributed by atoms with Crippen molar-refractivity contribution in [1.82, 2.24) is 4.98 Å². The fraction of sp³-hybridized carbons (Fsp3) is 0.154. The van der Waals surface area contributed by atoms with Crippen molar-refractivity contribution < 1.29 is 31.1 Å². The van der Waals surface area contributed by atoms with Gasteiger partial charge in [-0.05, 0) is 34.7 Å². The fourth-order valence-electron chi connectivity index (χ4n) is 1.83. The molecule has 0 saturated carbocycles. The Labute approximate surface area is 134 Å². The monoisotopic (exact) mass is 433 g/mol. The molecular weight excluding hydrogens is 427 g/mol. The maximum absolute atomic E-state index is 13.2. The first-order valence-corrected chi connectivity index (χ1v) is 6.74. The normalized spacial score (nSPS) is 12.3. The molecule has 0 fully saturated rings. The Balaban J connectivity index is 2.66. The Hall–Kier alpha value is -1.52. The second-order valence-corrected chi connectivity index (χ2v) is 5.09. The molecule has 1 aromatic carbocycles. The lowest BCUT2D eigenvalue weighted by Crippen LogP contribution is -2.18. The molecule has 0 aliphatic heterocycles. The first kappa shape index (κ1) is 16.8. The molecule has 0 spiro atoms. The maximum atomic E-state index is 13.2. The highest BCUT2D eigenvalue weighted by atomic mass is 127. The van der Waals surface area contributed by atoms with Gasteiger partial charge in [-0.25, -0.2) is 4.98 Å². The van der Waals surface area contributed by atoms with Gasteiger partial charge in [0, 0.05) is 17.3 Å². The smallest absolute Gasteiger partial charge is 0.405 e. The summed E-state index contributed by atoms with van der Waals surface area (Å²) in [4.78, 5) is 3.54. The highest BCUT2D eigenvalue weighted by molar-refractivity contribution is 14.1. The number of halogens is 7. The zero-order valence-corrected chi connectivity index (χ0v) is 12.6. The largest absolute Gasteiger partial charge is 0.573 e. The minimum absolute atomic E-state index is 0.313. The molecule has 0 saturated heterocycles. The van der Waals surface area contributed by atoms with Crippen molar-refractivity contribution in [2.75, 3.05) is 0 Å². The molecule has 22 heavy (non-hydrogen) atoms. The van der Waals surface area contributed by atoms with E-state index in [0.29, 0.717) is 0 Å². The average molecular weight is 433 g/mol. The van der Waals surface area contributed by atoms with E-state index in [1.54, 1.807) is 0 Å². The summed E-state index contributed by atoms with van der Waals surface area (Å²) >= 11 is 1.38. The first-order chi connectivity index (χ1) is 10.1. The molecule has 0 amide bonds. The predicted octanol–water partition coefficient (Wildman–Crippen LogP) is 5.27. The summed E-state index contributed by atoms with van der Waals surface area (Å²) in [6.45, 7) is 0. The van der Waals surface area contributed by atoms with E-state index in [0.717, 1.165) is 24.4 Å². The SMILES string of the molecule is FC(F)(F)Oc1ccccc1-c1ccnc(I)c1C(F)(F)F. The third-order valence-corrected chi connectivity index (χ3v) is 3.41. The van der Waals surface area contributed by atoms with E-state index in [1.165, 1.54) is 34.7 Å². The van der Waals surface area contributed by atoms with Gasteiger partial charge in [0.1, 0.15) is 9.45 Å². The molecule has 118 valence electrons. The molecule has 2 nitrogen and oxygen atoms in total. The molecule has 1 aromatic heterocycles. The van der Waals surface area contributed by atoms with Crippen LogP contribution >= 0.6 is 22.6 Å². The topological polar surface area (TPSA) is 22.1 Å². The van der Waals surface area contributed by atoms with Crippen LogP contribution in [0.5, 0.6) is 5.75 Å². The van der Waals surface area contributed by atoms with E-state index in [-0.39, 0.29) is 9.26 Å². The van der Waals surface area contributed by atoms with Crippen LogP contribution in [0, 0.1) is 3.70 Å². The molecule has 0 N–H and O–H groups in total. The van der Waals surface area contributed by atoms with Gasteiger partial charge in [-0.3, -0.25) is 0 Å². The van der Waals surface area contributed by atoms with E-state index in [4.69, 9.17) is 0 Å². The maximum Gasteiger partial charge on any atom is 0.573 e. The quantitative estimate of drug-likeness (QED) is 0.366. The third kappa shape index (κ3) is 3.81. The minimum atomic E-state index is -5.01. The highest BCUT2D eigenvalue weighted by Gasteiger charge is 2.38. The van der Waals surface area contributed by atoms with Gasteiger partial charge >= 0.3 is 12.5 Å². The van der Waals surface area contributed by atoms with Crippen LogP contribution in [0.15, 0.2) is 36.5 Å². The zero-order chi connectivity index (χ0) is 16.5. The van der Waals surface area contributed by atoms with Crippen LogP contribution in [0.2, 0.25) is 0 Å². The Morgan fingerprint density at radius 3 is 2.14 bits per heavy atom. The van der Waals surface area contributed by atoms with Crippen molar-refractivity contribution in [1.29, 1.82) is 0 Å². The van der Waals surface area contributed by atoms with Crippen molar-refractivity contribution in [2.24, 2.45) is 0 Å². The number of rotatable bonds is 2. The van der Waals surface area contributed by atoms with Crippen molar-refractivity contribution in [2.45, 2.75) is 12.5 Å². The summed E-state index contributed by atoms with van der Waals surface area (Å²) < 4.78 is 80.1. The highest BCUT2D eigenvalue weighted by Crippen LogP contribution is 2.42. The number of benzene rings is 1. The van der Waals surface area contributed by atoms with Crippen molar-refractivity contribution in [3.8, 4) is 16.9 Å². The van der Waals surface area contributed by atoms with Gasteiger partial charge in [-0.2, -0.15) is 13.2 Å². The Morgan fingerprint density at radius 1 is 0.909 bits per heavy atom. The van der Waals surface area contributed by atoms with E-state index in [1.807, 2.05) is 0 Å². The Bertz CT molecular complexity index is 683. The number of alkyl halides is 6. The number of para-hydroxylation sites is 1. The molecular formula is C13H6F6INO. The molecule has 0 aliphatic carbocycles. The summed E-state index contributed by atoms with van der Waals surface area (Å²) in [6.07, 6.45) is -8.67. The van der Waals surface area contributed by atoms with Gasteiger partial charge in [-0.1, -0.05) is 18.2 Å². The Morgan fingerprint density at radius 2 is 1.55 bits per heavy atom. The summed E-state index contributed by atoms with van der Waals surface area (Å²) in [6, 6.07) is 5.65. The molecule has 0 atom stereocenters. The molecule has 0 aliphatic rings. The van der Waals surface area contributed by atoms with Gasteiger partial charge in [-0.15, -0.1) is 13.2 Å². The fourth-order valence-corrected chi connectivity index (χ4v) is 2.59. The Kier molecular flexibility index (Phi) is 4.54. The van der Waals surface area contributed by atoms with E-state index < -0.39 is 29.4 Å². The molecule has 2 rings (SSSR count). The number of aromatic nitrogens is 1. The van der Waals surface area contributed by atoms with Crippen LogP contribution in [0.3, 0.4) is 0 Å². The number of hydrogen-bond donors (Lipinski definition) is 0. The summed E-state index contributed by atoms with van der Waals surface area (Å²) in [7, 11) is 0. The van der Waals surface area contributed by atoms with Gasteiger partial charge in [0.2, 0.25) is 0 Å². The second-order valence-electron chi connectivity index (χ2n) is 4.07. The second kappa shape index (κ2) is 5.94. The minimum Gasteiger partial charge on any atom is -0.405 e. The zero-order valence-electron chi connectivity index (χ0n) is 10.5. The number of hydrogen-bond acceptors (Lipinski definition) is 2. The third-order valence-electron chi connectivity index (χ3n) is 2.59. The predicted molar refractivity (Wildman–Crippen MR) is 74.1 cm³/mol. The van der Waals surface area contributed by atoms with Gasteiger partial charge in [0.05, 0.1) is 5.56 Å². The lowest BCUT2D eigenvalue weighted by Gasteiger charge is -2.17. The molecule has 2 aromatic rings. The van der Waals surface area contributed by atoms with Crippen LogP contribution in [-0.4, -0.2) is 11.3 Å². The van der Waals surface area contributed by atoms with Crippen LogP contribution in [-0.2, 0) is 6.18 Å². The van der Waals surface area contributed by atoms with E-state index in [2.05, 4.69) is 9.72 Å². The van der Waals surface area contributed by atoms with E-state index in [9.17, 15) is 26.3 Å². The van der Waals surface area contributed by atoms with E-state index >= 15 is 0 Å². The number of pyridine rings is 1. The average Bonchev–Trinajstić information content (AvgIpc) is 2.35. The lowest BCUT2D eigenvalue weighted by atomic mass is 10.0. The van der Waals surface area contributed by atoms with Gasteiger partial charge in [0.25, 0.3) is 0 Å². The van der Waals surface area contributed by atoms with Crippen LogP contribution in [0.1, 0.15) is 5.56 Å². The molecule has 9 heteroatoms. The molecule has 1 heterocycles. The van der Waals surface area contributed by atoms with Crippen molar-refractivity contribution >= 4 is 22.6 Å². The summed E-state index contributed by atoms with van der Waals surface area (Å²) in [5, 5.41) is 0. The molecule has 0 radical (unpaired) electrons. The van der Waals surface area contributed by atoms with Gasteiger partial charge < -0.3 is 4.74 Å². The standard InChI is InChI=1S/C13H6F6INO/c14-12(15,16)10-8(5-6-21-11(10)20)7-3-1-2-4-9(7)22-13(17,18)19/h1-6H. The first-order valence-electron chi connectivity index (χ1n) is 5.66. The van der Waals surface area contributed by atoms with Crippen molar-refractivity contribution in [3.63, 3.8) is 0 Å². The van der Waals surface area contributed by atoms with Crippen LogP contribution in [0.4, 0.5) is 26.3 Å². The summed E-state index contributed by atoms with van der Waals surface area (Å²) in [5.41, 5.74) is -1.84. The van der Waals surface area contributed by atoms with Crippen LogP contribution < -0.4 is 4.74 Å². The lowest BCUT2D eigenvalue weighted by molar-refractivity contribution is -0.274. The van der Waals surface area contributed by atoms with Gasteiger partial charge in [0.15, 0.2) is 0 Å².